The van der Waals surface area contributed by atoms with E-state index in [1.807, 2.05) is 13.0 Å². The van der Waals surface area contributed by atoms with Crippen LogP contribution >= 0.6 is 0 Å². The Bertz CT molecular complexity index is 247. The Kier molecular flexibility index (Phi) is 5.25. The fraction of sp³-hybridized carbons (Fsp3) is 0.700. The van der Waals surface area contributed by atoms with Gasteiger partial charge in [-0.1, -0.05) is 5.16 Å². The van der Waals surface area contributed by atoms with Crippen LogP contribution in [0, 0.1) is 6.92 Å². The molecule has 0 N–H and O–H groups in total. The maximum absolute atomic E-state index is 5.39. The molecule has 1 aromatic heterocycles. The van der Waals surface area contributed by atoms with Crippen molar-refractivity contribution in [2.75, 3.05) is 26.9 Å². The van der Waals surface area contributed by atoms with Crippen LogP contribution in [0.2, 0.25) is 0 Å². The zero-order chi connectivity index (χ0) is 10.2. The predicted molar refractivity (Wildman–Crippen MR) is 52.3 cm³/mol. The topological polar surface area (TPSA) is 44.5 Å². The molecule has 0 amide bonds. The Balaban J connectivity index is 1.99. The van der Waals surface area contributed by atoms with Gasteiger partial charge in [-0.05, 0) is 13.3 Å². The molecule has 4 heteroatoms. The summed E-state index contributed by atoms with van der Waals surface area (Å²) in [5.74, 6) is 0.847. The monoisotopic (exact) mass is 199 g/mol. The van der Waals surface area contributed by atoms with Gasteiger partial charge in [0, 0.05) is 32.8 Å². The molecule has 0 saturated heterocycles. The Labute approximate surface area is 84.2 Å². The molecule has 0 atom stereocenters. The summed E-state index contributed by atoms with van der Waals surface area (Å²) in [4.78, 5) is 0. The Morgan fingerprint density at radius 3 is 2.86 bits per heavy atom. The van der Waals surface area contributed by atoms with Crippen LogP contribution in [0.5, 0.6) is 0 Å². The van der Waals surface area contributed by atoms with Gasteiger partial charge in [-0.3, -0.25) is 0 Å². The highest BCUT2D eigenvalue weighted by Gasteiger charge is 1.99. The van der Waals surface area contributed by atoms with Crippen molar-refractivity contribution in [2.24, 2.45) is 0 Å². The quantitative estimate of drug-likeness (QED) is 0.625. The Morgan fingerprint density at radius 2 is 2.21 bits per heavy atom. The molecule has 1 rings (SSSR count). The normalized spacial score (nSPS) is 10.7. The lowest BCUT2D eigenvalue weighted by atomic mass is 10.3. The standard InChI is InChI=1S/C10H17NO3/c1-9-8-10(11-14-9)4-7-13-6-3-5-12-2/h8H,3-7H2,1-2H3. The first kappa shape index (κ1) is 11.2. The molecule has 1 aromatic rings. The summed E-state index contributed by atoms with van der Waals surface area (Å²) < 4.78 is 15.2. The second-order valence-electron chi connectivity index (χ2n) is 3.14. The van der Waals surface area contributed by atoms with Crippen molar-refractivity contribution in [1.82, 2.24) is 5.16 Å². The van der Waals surface area contributed by atoms with Crippen LogP contribution in [-0.2, 0) is 15.9 Å². The molecular formula is C10H17NO3. The number of aromatic nitrogens is 1. The lowest BCUT2D eigenvalue weighted by Crippen LogP contribution is -2.02. The largest absolute Gasteiger partial charge is 0.385 e. The van der Waals surface area contributed by atoms with E-state index < -0.39 is 0 Å². The van der Waals surface area contributed by atoms with E-state index in [0.29, 0.717) is 6.61 Å². The van der Waals surface area contributed by atoms with Gasteiger partial charge < -0.3 is 14.0 Å². The van der Waals surface area contributed by atoms with Gasteiger partial charge >= 0.3 is 0 Å². The Morgan fingerprint density at radius 1 is 1.36 bits per heavy atom. The lowest BCUT2D eigenvalue weighted by Gasteiger charge is -2.01. The number of ether oxygens (including phenoxy) is 2. The van der Waals surface area contributed by atoms with Crippen LogP contribution in [0.3, 0.4) is 0 Å². The van der Waals surface area contributed by atoms with E-state index in [4.69, 9.17) is 14.0 Å². The molecule has 80 valence electrons. The molecule has 0 spiro atoms. The van der Waals surface area contributed by atoms with E-state index in [0.717, 1.165) is 37.5 Å². The molecule has 0 bridgehead atoms. The third-order valence-corrected chi connectivity index (χ3v) is 1.82. The second-order valence-corrected chi connectivity index (χ2v) is 3.14. The van der Waals surface area contributed by atoms with Gasteiger partial charge in [-0.25, -0.2) is 0 Å². The summed E-state index contributed by atoms with van der Waals surface area (Å²) in [5.41, 5.74) is 0.953. The van der Waals surface area contributed by atoms with Gasteiger partial charge in [0.25, 0.3) is 0 Å². The summed E-state index contributed by atoms with van der Waals surface area (Å²) in [6.07, 6.45) is 1.75. The van der Waals surface area contributed by atoms with Crippen LogP contribution in [0.15, 0.2) is 10.6 Å². The minimum absolute atomic E-state index is 0.690. The van der Waals surface area contributed by atoms with Gasteiger partial charge in [0.05, 0.1) is 12.3 Å². The maximum atomic E-state index is 5.39. The molecule has 14 heavy (non-hydrogen) atoms. The molecular weight excluding hydrogens is 182 g/mol. The number of hydrogen-bond acceptors (Lipinski definition) is 4. The van der Waals surface area contributed by atoms with Gasteiger partial charge in [0.1, 0.15) is 5.76 Å². The third-order valence-electron chi connectivity index (χ3n) is 1.82. The van der Waals surface area contributed by atoms with E-state index in [1.165, 1.54) is 0 Å². The number of nitrogens with zero attached hydrogens (tertiary/aromatic N) is 1. The van der Waals surface area contributed by atoms with Crippen molar-refractivity contribution < 1.29 is 14.0 Å². The first-order valence-electron chi connectivity index (χ1n) is 4.82. The number of rotatable bonds is 7. The summed E-state index contributed by atoms with van der Waals surface area (Å²) in [5, 5.41) is 3.87. The van der Waals surface area contributed by atoms with Crippen molar-refractivity contribution >= 4 is 0 Å². The van der Waals surface area contributed by atoms with Crippen LogP contribution in [0.1, 0.15) is 17.9 Å². The fourth-order valence-electron chi connectivity index (χ4n) is 1.12. The zero-order valence-corrected chi connectivity index (χ0v) is 8.78. The van der Waals surface area contributed by atoms with Crippen LogP contribution in [0.4, 0.5) is 0 Å². The van der Waals surface area contributed by atoms with Crippen LogP contribution < -0.4 is 0 Å². The molecule has 0 aliphatic carbocycles. The van der Waals surface area contributed by atoms with Crippen LogP contribution in [0.25, 0.3) is 0 Å². The van der Waals surface area contributed by atoms with Gasteiger partial charge in [0.2, 0.25) is 0 Å². The minimum atomic E-state index is 0.690. The number of methoxy groups -OCH3 is 1. The molecule has 0 fully saturated rings. The van der Waals surface area contributed by atoms with E-state index in [-0.39, 0.29) is 0 Å². The SMILES string of the molecule is COCCCOCCc1cc(C)on1. The maximum Gasteiger partial charge on any atom is 0.133 e. The van der Waals surface area contributed by atoms with Gasteiger partial charge in [-0.2, -0.15) is 0 Å². The molecule has 1 heterocycles. The van der Waals surface area contributed by atoms with Crippen LogP contribution in [-0.4, -0.2) is 32.1 Å². The first-order chi connectivity index (χ1) is 6.83. The summed E-state index contributed by atoms with van der Waals surface area (Å²) in [7, 11) is 1.69. The summed E-state index contributed by atoms with van der Waals surface area (Å²) >= 11 is 0. The highest BCUT2D eigenvalue weighted by atomic mass is 16.5. The van der Waals surface area contributed by atoms with Crippen molar-refractivity contribution in [2.45, 2.75) is 19.8 Å². The second kappa shape index (κ2) is 6.56. The first-order valence-corrected chi connectivity index (χ1v) is 4.82. The smallest absolute Gasteiger partial charge is 0.133 e. The average molecular weight is 199 g/mol. The lowest BCUT2D eigenvalue weighted by molar-refractivity contribution is 0.104. The summed E-state index contributed by atoms with van der Waals surface area (Å²) in [6, 6.07) is 1.93. The molecule has 4 nitrogen and oxygen atoms in total. The Hall–Kier alpha value is -0.870. The average Bonchev–Trinajstić information content (AvgIpc) is 2.58. The van der Waals surface area contributed by atoms with E-state index in [9.17, 15) is 0 Å². The summed E-state index contributed by atoms with van der Waals surface area (Å²) in [6.45, 7) is 4.07. The van der Waals surface area contributed by atoms with Crippen molar-refractivity contribution in [3.8, 4) is 0 Å². The number of aryl methyl sites for hydroxylation is 1. The van der Waals surface area contributed by atoms with E-state index >= 15 is 0 Å². The molecule has 0 aromatic carbocycles. The van der Waals surface area contributed by atoms with E-state index in [2.05, 4.69) is 5.16 Å². The molecule has 0 aliphatic heterocycles. The number of hydrogen-bond donors (Lipinski definition) is 0. The van der Waals surface area contributed by atoms with Crippen molar-refractivity contribution in [3.63, 3.8) is 0 Å². The molecule has 0 aliphatic rings. The predicted octanol–water partition coefficient (Wildman–Crippen LogP) is 1.58. The van der Waals surface area contributed by atoms with Crippen molar-refractivity contribution in [1.29, 1.82) is 0 Å². The highest BCUT2D eigenvalue weighted by Crippen LogP contribution is 2.02. The molecule has 0 radical (unpaired) electrons. The minimum Gasteiger partial charge on any atom is -0.385 e. The highest BCUT2D eigenvalue weighted by molar-refractivity contribution is 5.03. The van der Waals surface area contributed by atoms with E-state index in [1.54, 1.807) is 7.11 Å². The van der Waals surface area contributed by atoms with Gasteiger partial charge in [-0.15, -0.1) is 0 Å². The molecule has 0 unspecified atom stereocenters. The fourth-order valence-corrected chi connectivity index (χ4v) is 1.12. The molecule has 0 saturated carbocycles. The van der Waals surface area contributed by atoms with Gasteiger partial charge in [0.15, 0.2) is 0 Å². The zero-order valence-electron chi connectivity index (χ0n) is 8.78. The van der Waals surface area contributed by atoms with Crippen molar-refractivity contribution in [3.05, 3.63) is 17.5 Å². The third kappa shape index (κ3) is 4.39.